The Morgan fingerprint density at radius 1 is 0.941 bits per heavy atom. The summed E-state index contributed by atoms with van der Waals surface area (Å²) in [6.07, 6.45) is 7.04. The van der Waals surface area contributed by atoms with E-state index in [4.69, 9.17) is 4.74 Å². The van der Waals surface area contributed by atoms with Gasteiger partial charge in [-0.25, -0.2) is 4.79 Å². The molecule has 0 spiro atoms. The van der Waals surface area contributed by atoms with E-state index in [2.05, 4.69) is 36.4 Å². The summed E-state index contributed by atoms with van der Waals surface area (Å²) in [5.74, 6) is 0. The van der Waals surface area contributed by atoms with Crippen LogP contribution in [0.2, 0.25) is 0 Å². The predicted octanol–water partition coefficient (Wildman–Crippen LogP) is 6.66. The fourth-order valence-electron chi connectivity index (χ4n) is 5.22. The van der Waals surface area contributed by atoms with Gasteiger partial charge in [-0.05, 0) is 60.4 Å². The molecule has 34 heavy (non-hydrogen) atoms. The Morgan fingerprint density at radius 3 is 2.47 bits per heavy atom. The Kier molecular flexibility index (Phi) is 6.44. The van der Waals surface area contributed by atoms with Crippen LogP contribution in [0.3, 0.4) is 0 Å². The molecule has 4 heteroatoms. The molecule has 1 fully saturated rings. The van der Waals surface area contributed by atoms with E-state index in [1.165, 1.54) is 11.1 Å². The van der Waals surface area contributed by atoms with E-state index in [0.717, 1.165) is 48.8 Å². The minimum atomic E-state index is -0.200. The van der Waals surface area contributed by atoms with Gasteiger partial charge in [0.05, 0.1) is 17.7 Å². The lowest BCUT2D eigenvalue weighted by Gasteiger charge is -2.44. The van der Waals surface area contributed by atoms with E-state index >= 15 is 0 Å². The number of carbonyl (C=O) groups is 1. The quantitative estimate of drug-likeness (QED) is 0.410. The lowest BCUT2D eigenvalue weighted by Crippen LogP contribution is -2.52. The van der Waals surface area contributed by atoms with Gasteiger partial charge in [-0.3, -0.25) is 4.90 Å². The number of nitriles is 1. The van der Waals surface area contributed by atoms with Crippen LogP contribution in [0.1, 0.15) is 42.4 Å². The van der Waals surface area contributed by atoms with Crippen LogP contribution in [0.15, 0.2) is 90.5 Å². The third kappa shape index (κ3) is 4.75. The number of benzene rings is 3. The number of nitrogens with zero attached hydrogens (tertiary/aromatic N) is 2. The van der Waals surface area contributed by atoms with Crippen molar-refractivity contribution in [3.05, 3.63) is 107 Å². The number of piperidine rings is 1. The molecule has 2 unspecified atom stereocenters. The molecule has 170 valence electrons. The van der Waals surface area contributed by atoms with E-state index in [-0.39, 0.29) is 18.2 Å². The van der Waals surface area contributed by atoms with Gasteiger partial charge < -0.3 is 4.74 Å². The first-order valence-electron chi connectivity index (χ1n) is 12.0. The van der Waals surface area contributed by atoms with Crippen molar-refractivity contribution in [3.8, 4) is 17.2 Å². The van der Waals surface area contributed by atoms with E-state index < -0.39 is 0 Å². The van der Waals surface area contributed by atoms with Gasteiger partial charge in [0.25, 0.3) is 0 Å². The summed E-state index contributed by atoms with van der Waals surface area (Å²) < 4.78 is 5.67. The Balaban J connectivity index is 1.26. The number of ether oxygens (including phenoxy) is 1. The smallest absolute Gasteiger partial charge is 0.410 e. The standard InChI is InChI=1S/C30H28N2O2/c31-20-26-9-4-5-12-29(26)25-15-13-22(14-16-25)17-24-18-27-10-6-11-28(19-24)32(27)30(33)34-21-23-7-2-1-3-8-23/h1-5,7-9,12-16,18,27-28H,6,10-11,17,19,21H2. The normalized spacial score (nSPS) is 19.1. The Labute approximate surface area is 201 Å². The Morgan fingerprint density at radius 2 is 1.71 bits per heavy atom. The SMILES string of the molecule is N#Cc1ccccc1-c1ccc(CC2=CC3CCCC(C2)N3C(=O)OCc2ccccc2)cc1. The van der Waals surface area contributed by atoms with Crippen molar-refractivity contribution in [2.75, 3.05) is 0 Å². The van der Waals surface area contributed by atoms with Gasteiger partial charge in [-0.15, -0.1) is 0 Å². The first-order chi connectivity index (χ1) is 16.7. The second kappa shape index (κ2) is 9.97. The molecule has 1 amide bonds. The molecule has 0 aromatic heterocycles. The van der Waals surface area contributed by atoms with E-state index in [0.29, 0.717) is 12.2 Å². The molecular weight excluding hydrogens is 420 g/mol. The summed E-state index contributed by atoms with van der Waals surface area (Å²) in [5, 5.41) is 9.39. The van der Waals surface area contributed by atoms with Gasteiger partial charge in [-0.2, -0.15) is 5.26 Å². The number of fused-ring (bicyclic) bond motifs is 2. The predicted molar refractivity (Wildman–Crippen MR) is 133 cm³/mol. The molecule has 5 rings (SSSR count). The van der Waals surface area contributed by atoms with Gasteiger partial charge in [0, 0.05) is 6.04 Å². The average Bonchev–Trinajstić information content (AvgIpc) is 2.88. The summed E-state index contributed by atoms with van der Waals surface area (Å²) in [5.41, 5.74) is 6.37. The number of hydrogen-bond acceptors (Lipinski definition) is 3. The molecule has 3 aromatic rings. The molecular formula is C30H28N2O2. The summed E-state index contributed by atoms with van der Waals surface area (Å²) in [4.78, 5) is 14.9. The van der Waals surface area contributed by atoms with Crippen LogP contribution in [-0.4, -0.2) is 23.1 Å². The summed E-state index contributed by atoms with van der Waals surface area (Å²) >= 11 is 0. The highest BCUT2D eigenvalue weighted by Crippen LogP contribution is 2.35. The molecule has 3 aromatic carbocycles. The van der Waals surface area contributed by atoms with E-state index in [1.807, 2.05) is 59.5 Å². The zero-order chi connectivity index (χ0) is 23.3. The van der Waals surface area contributed by atoms with Crippen molar-refractivity contribution in [1.82, 2.24) is 4.90 Å². The van der Waals surface area contributed by atoms with Gasteiger partial charge >= 0.3 is 6.09 Å². The molecule has 2 heterocycles. The third-order valence-corrected chi connectivity index (χ3v) is 6.87. The Hall–Kier alpha value is -3.84. The Bertz CT molecular complexity index is 1220. The van der Waals surface area contributed by atoms with Crippen LogP contribution in [0, 0.1) is 11.3 Å². The van der Waals surface area contributed by atoms with Crippen molar-refractivity contribution >= 4 is 6.09 Å². The maximum atomic E-state index is 12.9. The van der Waals surface area contributed by atoms with Crippen molar-refractivity contribution in [2.24, 2.45) is 0 Å². The lowest BCUT2D eigenvalue weighted by atomic mass is 9.83. The van der Waals surface area contributed by atoms with Gasteiger partial charge in [0.1, 0.15) is 6.61 Å². The molecule has 2 aliphatic heterocycles. The summed E-state index contributed by atoms with van der Waals surface area (Å²) in [6.45, 7) is 0.313. The largest absolute Gasteiger partial charge is 0.445 e. The summed E-state index contributed by atoms with van der Waals surface area (Å²) in [6, 6.07) is 28.7. The number of amides is 1. The maximum Gasteiger partial charge on any atom is 0.410 e. The van der Waals surface area contributed by atoms with Crippen LogP contribution in [0.4, 0.5) is 4.79 Å². The molecule has 0 saturated carbocycles. The molecule has 4 nitrogen and oxygen atoms in total. The topological polar surface area (TPSA) is 53.3 Å². The van der Waals surface area contributed by atoms with Crippen molar-refractivity contribution in [2.45, 2.75) is 50.8 Å². The van der Waals surface area contributed by atoms with Gasteiger partial charge in [0.2, 0.25) is 0 Å². The molecule has 0 aliphatic carbocycles. The lowest BCUT2D eigenvalue weighted by molar-refractivity contribution is 0.0481. The van der Waals surface area contributed by atoms with Crippen molar-refractivity contribution < 1.29 is 9.53 Å². The highest BCUT2D eigenvalue weighted by atomic mass is 16.6. The van der Waals surface area contributed by atoms with Crippen LogP contribution < -0.4 is 0 Å². The second-order valence-corrected chi connectivity index (χ2v) is 9.16. The number of hydrogen-bond donors (Lipinski definition) is 0. The maximum absolute atomic E-state index is 12.9. The molecule has 0 radical (unpaired) electrons. The van der Waals surface area contributed by atoms with Crippen LogP contribution in [0.25, 0.3) is 11.1 Å². The molecule has 2 bridgehead atoms. The van der Waals surface area contributed by atoms with E-state index in [1.54, 1.807) is 0 Å². The third-order valence-electron chi connectivity index (χ3n) is 6.87. The minimum Gasteiger partial charge on any atom is -0.445 e. The number of rotatable bonds is 5. The first kappa shape index (κ1) is 22.0. The van der Waals surface area contributed by atoms with Crippen LogP contribution in [0.5, 0.6) is 0 Å². The number of carbonyl (C=O) groups excluding carboxylic acids is 1. The fourth-order valence-corrected chi connectivity index (χ4v) is 5.22. The minimum absolute atomic E-state index is 0.118. The molecule has 2 aliphatic rings. The highest BCUT2D eigenvalue weighted by Gasteiger charge is 2.37. The molecule has 1 saturated heterocycles. The highest BCUT2D eigenvalue weighted by molar-refractivity contribution is 5.71. The zero-order valence-electron chi connectivity index (χ0n) is 19.2. The summed E-state index contributed by atoms with van der Waals surface area (Å²) in [7, 11) is 0. The second-order valence-electron chi connectivity index (χ2n) is 9.16. The zero-order valence-corrected chi connectivity index (χ0v) is 19.2. The van der Waals surface area contributed by atoms with Crippen LogP contribution >= 0.6 is 0 Å². The molecule has 0 N–H and O–H groups in total. The fraction of sp³-hybridized carbons (Fsp3) is 0.267. The van der Waals surface area contributed by atoms with E-state index in [9.17, 15) is 10.1 Å². The van der Waals surface area contributed by atoms with Gasteiger partial charge in [-0.1, -0.05) is 84.4 Å². The van der Waals surface area contributed by atoms with Gasteiger partial charge in [0.15, 0.2) is 0 Å². The van der Waals surface area contributed by atoms with Crippen LogP contribution in [-0.2, 0) is 17.8 Å². The monoisotopic (exact) mass is 448 g/mol. The first-order valence-corrected chi connectivity index (χ1v) is 12.0. The molecule has 2 atom stereocenters. The average molecular weight is 449 g/mol. The van der Waals surface area contributed by atoms with Crippen molar-refractivity contribution in [1.29, 1.82) is 5.26 Å². The van der Waals surface area contributed by atoms with Crippen molar-refractivity contribution in [3.63, 3.8) is 0 Å².